The van der Waals surface area contributed by atoms with Crippen molar-refractivity contribution in [1.29, 1.82) is 0 Å². The summed E-state index contributed by atoms with van der Waals surface area (Å²) in [6.07, 6.45) is 1.55. The molecule has 4 rings (SSSR count). The Bertz CT molecular complexity index is 1000. The number of aromatic amines is 1. The largest absolute Gasteiger partial charge is 0.468 e. The summed E-state index contributed by atoms with van der Waals surface area (Å²) in [5.74, 6) is 0.134. The molecule has 0 amide bonds. The smallest absolute Gasteiger partial charge is 0.217 e. The van der Waals surface area contributed by atoms with Crippen LogP contribution in [0.1, 0.15) is 17.2 Å². The van der Waals surface area contributed by atoms with E-state index in [0.29, 0.717) is 5.76 Å². The van der Waals surface area contributed by atoms with E-state index in [1.54, 1.807) is 18.4 Å². The summed E-state index contributed by atoms with van der Waals surface area (Å²) in [7, 11) is 0. The molecule has 0 aliphatic carbocycles. The van der Waals surface area contributed by atoms with Gasteiger partial charge in [-0.15, -0.1) is 0 Å². The molecule has 0 bridgehead atoms. The van der Waals surface area contributed by atoms with Crippen molar-refractivity contribution in [1.82, 2.24) is 4.98 Å². The zero-order chi connectivity index (χ0) is 17.2. The normalized spacial score (nSPS) is 12.3. The maximum atomic E-state index is 11.3. The molecule has 0 fully saturated rings. The van der Waals surface area contributed by atoms with Gasteiger partial charge < -0.3 is 9.40 Å². The molecular weight excluding hydrogens is 316 g/mol. The minimum Gasteiger partial charge on any atom is -0.468 e. The van der Waals surface area contributed by atoms with Crippen molar-refractivity contribution in [3.8, 4) is 11.3 Å². The quantitative estimate of drug-likeness (QED) is 0.420. The first-order valence-electron chi connectivity index (χ1n) is 8.05. The zero-order valence-corrected chi connectivity index (χ0v) is 13.4. The number of furan rings is 1. The average molecular weight is 332 g/mol. The third-order valence-electron chi connectivity index (χ3n) is 4.38. The first-order valence-corrected chi connectivity index (χ1v) is 8.05. The standard InChI is InChI=1S/C20H16N2O3/c23-22(24)13-16(18-11-6-12-25-18)19-15-9-4-5-10-17(15)21-20(19)14-7-2-1-3-8-14/h1-12,16,21H,13H2/t16-/m0/s1. The van der Waals surface area contributed by atoms with Crippen molar-refractivity contribution in [3.05, 3.63) is 94.4 Å². The summed E-state index contributed by atoms with van der Waals surface area (Å²) >= 11 is 0. The molecule has 2 aromatic carbocycles. The Kier molecular flexibility index (Phi) is 3.82. The van der Waals surface area contributed by atoms with Crippen LogP contribution in [0.3, 0.4) is 0 Å². The number of rotatable bonds is 5. The van der Waals surface area contributed by atoms with Crippen LogP contribution < -0.4 is 0 Å². The molecular formula is C20H16N2O3. The van der Waals surface area contributed by atoms with Crippen molar-refractivity contribution in [2.24, 2.45) is 0 Å². The summed E-state index contributed by atoms with van der Waals surface area (Å²) < 4.78 is 5.54. The highest BCUT2D eigenvalue weighted by atomic mass is 16.6. The van der Waals surface area contributed by atoms with Gasteiger partial charge in [-0.3, -0.25) is 10.1 Å². The maximum Gasteiger partial charge on any atom is 0.217 e. The van der Waals surface area contributed by atoms with Gasteiger partial charge in [-0.1, -0.05) is 48.5 Å². The summed E-state index contributed by atoms with van der Waals surface area (Å²) in [6.45, 7) is -0.227. The Balaban J connectivity index is 1.99. The predicted octanol–water partition coefficient (Wildman–Crippen LogP) is 4.84. The van der Waals surface area contributed by atoms with Crippen molar-refractivity contribution in [2.45, 2.75) is 5.92 Å². The number of nitro groups is 1. The highest BCUT2D eigenvalue weighted by Gasteiger charge is 2.29. The molecule has 0 spiro atoms. The monoisotopic (exact) mass is 332 g/mol. The fourth-order valence-corrected chi connectivity index (χ4v) is 3.32. The lowest BCUT2D eigenvalue weighted by molar-refractivity contribution is -0.482. The van der Waals surface area contributed by atoms with Crippen LogP contribution in [0.15, 0.2) is 77.4 Å². The third kappa shape index (κ3) is 2.80. The van der Waals surface area contributed by atoms with Gasteiger partial charge >= 0.3 is 0 Å². The lowest BCUT2D eigenvalue weighted by Crippen LogP contribution is -2.14. The fourth-order valence-electron chi connectivity index (χ4n) is 3.32. The van der Waals surface area contributed by atoms with E-state index >= 15 is 0 Å². The summed E-state index contributed by atoms with van der Waals surface area (Å²) in [4.78, 5) is 14.5. The zero-order valence-electron chi connectivity index (χ0n) is 13.4. The molecule has 0 radical (unpaired) electrons. The van der Waals surface area contributed by atoms with E-state index in [-0.39, 0.29) is 11.5 Å². The van der Waals surface area contributed by atoms with E-state index in [1.807, 2.05) is 54.6 Å². The first-order chi connectivity index (χ1) is 12.2. The number of H-pyrrole nitrogens is 1. The number of aromatic nitrogens is 1. The van der Waals surface area contributed by atoms with Crippen LogP contribution in [-0.4, -0.2) is 16.5 Å². The molecule has 0 aliphatic heterocycles. The highest BCUT2D eigenvalue weighted by Crippen LogP contribution is 2.38. The van der Waals surface area contributed by atoms with E-state index < -0.39 is 5.92 Å². The molecule has 1 atom stereocenters. The van der Waals surface area contributed by atoms with Crippen LogP contribution in [0.4, 0.5) is 0 Å². The molecule has 2 heterocycles. The molecule has 0 saturated heterocycles. The summed E-state index contributed by atoms with van der Waals surface area (Å²) in [5, 5.41) is 12.3. The minimum atomic E-state index is -0.462. The molecule has 2 aromatic heterocycles. The predicted molar refractivity (Wildman–Crippen MR) is 96.1 cm³/mol. The molecule has 0 unspecified atom stereocenters. The highest BCUT2D eigenvalue weighted by molar-refractivity contribution is 5.91. The number of benzene rings is 2. The van der Waals surface area contributed by atoms with Gasteiger partial charge in [0.05, 0.1) is 12.0 Å². The van der Waals surface area contributed by atoms with Gasteiger partial charge in [-0.2, -0.15) is 0 Å². The molecule has 124 valence electrons. The van der Waals surface area contributed by atoms with Gasteiger partial charge in [0.1, 0.15) is 11.7 Å². The van der Waals surface area contributed by atoms with Crippen LogP contribution >= 0.6 is 0 Å². The molecule has 0 saturated carbocycles. The molecule has 25 heavy (non-hydrogen) atoms. The number of para-hydroxylation sites is 1. The molecule has 0 aliphatic rings. The summed E-state index contributed by atoms with van der Waals surface area (Å²) in [5.41, 5.74) is 3.74. The van der Waals surface area contributed by atoms with Gasteiger partial charge in [-0.25, -0.2) is 0 Å². The second-order valence-corrected chi connectivity index (χ2v) is 5.91. The molecule has 4 aromatic rings. The van der Waals surface area contributed by atoms with Crippen LogP contribution in [0.2, 0.25) is 0 Å². The average Bonchev–Trinajstić information content (AvgIpc) is 3.28. The van der Waals surface area contributed by atoms with Crippen LogP contribution in [0.25, 0.3) is 22.2 Å². The maximum absolute atomic E-state index is 11.3. The van der Waals surface area contributed by atoms with Gasteiger partial charge in [0.15, 0.2) is 0 Å². The van der Waals surface area contributed by atoms with E-state index in [0.717, 1.165) is 27.7 Å². The molecule has 1 N–H and O–H groups in total. The Morgan fingerprint density at radius 1 is 1.00 bits per heavy atom. The number of fused-ring (bicyclic) bond motifs is 1. The SMILES string of the molecule is O=[N+]([O-])C[C@@H](c1ccco1)c1c(-c2ccccc2)[nH]c2ccccc12. The van der Waals surface area contributed by atoms with Crippen LogP contribution in [0, 0.1) is 10.1 Å². The van der Waals surface area contributed by atoms with E-state index in [9.17, 15) is 10.1 Å². The van der Waals surface area contributed by atoms with E-state index in [1.165, 1.54) is 0 Å². The second kappa shape index (κ2) is 6.28. The Hall–Kier alpha value is -3.34. The number of nitrogens with one attached hydrogen (secondary N) is 1. The van der Waals surface area contributed by atoms with Crippen LogP contribution in [0.5, 0.6) is 0 Å². The minimum absolute atomic E-state index is 0.227. The number of hydrogen-bond acceptors (Lipinski definition) is 3. The van der Waals surface area contributed by atoms with Crippen LogP contribution in [-0.2, 0) is 0 Å². The number of hydrogen-bond donors (Lipinski definition) is 1. The van der Waals surface area contributed by atoms with Crippen molar-refractivity contribution >= 4 is 10.9 Å². The Labute approximate surface area is 144 Å². The van der Waals surface area contributed by atoms with Gasteiger partial charge in [0.2, 0.25) is 6.54 Å². The van der Waals surface area contributed by atoms with Gasteiger partial charge in [0, 0.05) is 21.4 Å². The fraction of sp³-hybridized carbons (Fsp3) is 0.100. The van der Waals surface area contributed by atoms with Crippen molar-refractivity contribution in [3.63, 3.8) is 0 Å². The Morgan fingerprint density at radius 3 is 2.48 bits per heavy atom. The summed E-state index contributed by atoms with van der Waals surface area (Å²) in [6, 6.07) is 21.3. The lowest BCUT2D eigenvalue weighted by atomic mass is 9.91. The first kappa shape index (κ1) is 15.2. The molecule has 5 heteroatoms. The van der Waals surface area contributed by atoms with E-state index in [4.69, 9.17) is 4.42 Å². The van der Waals surface area contributed by atoms with Crippen molar-refractivity contribution in [2.75, 3.05) is 6.54 Å². The molecule has 5 nitrogen and oxygen atoms in total. The topological polar surface area (TPSA) is 72.1 Å². The lowest BCUT2D eigenvalue weighted by Gasteiger charge is -2.13. The number of nitrogens with zero attached hydrogens (tertiary/aromatic N) is 1. The second-order valence-electron chi connectivity index (χ2n) is 5.91. The Morgan fingerprint density at radius 2 is 1.76 bits per heavy atom. The van der Waals surface area contributed by atoms with Gasteiger partial charge in [-0.05, 0) is 23.8 Å². The van der Waals surface area contributed by atoms with Crippen molar-refractivity contribution < 1.29 is 9.34 Å². The third-order valence-corrected chi connectivity index (χ3v) is 4.38. The van der Waals surface area contributed by atoms with Gasteiger partial charge in [0.25, 0.3) is 0 Å². The van der Waals surface area contributed by atoms with E-state index in [2.05, 4.69) is 4.98 Å².